The largest absolute Gasteiger partial charge is 0.477 e. The second kappa shape index (κ2) is 47.0. The van der Waals surface area contributed by atoms with E-state index in [0.717, 1.165) is 6.92 Å². The number of rotatable bonds is 45. The Morgan fingerprint density at radius 1 is 0.408 bits per heavy atom. The zero-order chi connectivity index (χ0) is 97.7. The fraction of sp³-hybridized carbons (Fsp3) is 0.967. The molecule has 0 aromatic carbocycles. The zero-order valence-electron chi connectivity index (χ0n) is 67.4. The zero-order valence-corrected chi connectivity index (χ0v) is 71.9. The second-order valence-electron chi connectivity index (χ2n) is 30.8. The maximum atomic E-state index is 14.8. The minimum absolute atomic E-state index is 0.579. The molecule has 8 saturated heterocycles. The highest BCUT2D eigenvalue weighted by molar-refractivity contribution is 7.48. The van der Waals surface area contributed by atoms with Gasteiger partial charge in [-0.2, -0.15) is 0 Å². The van der Waals surface area contributed by atoms with Crippen molar-refractivity contribution in [1.82, 2.24) is 0 Å². The molecule has 42 N–H and O–H groups in total. The van der Waals surface area contributed by atoms with Crippen LogP contribution in [0.4, 0.5) is 0 Å². The summed E-state index contributed by atoms with van der Waals surface area (Å²) in [7, 11) is -30.6. The Bertz CT molecular complexity index is 3820. The summed E-state index contributed by atoms with van der Waals surface area (Å²) in [4.78, 5) is 112. The van der Waals surface area contributed by atoms with Gasteiger partial charge in [0.1, 0.15) is 177 Å². The molecule has 65 nitrogen and oxygen atoms in total. The molecule has 0 amide bonds. The lowest BCUT2D eigenvalue weighted by Gasteiger charge is -2.53. The molecule has 70 heteroatoms. The first-order chi connectivity index (χ1) is 60.2. The SMILES string of the molecule is C[C@H](O)[C@H](N)[C@@H]1O[C@@](OC[C@H]2O[C@@H](O[C@H]3[C@H](O[C@H]4O[C@H]([C@@H](O)CO)[C@@H](O)[C@H](O)[C@@H]4O[C@H]4O[C@H]([C@@H](O)CO)[C@@H](O)[C@H](O)[C@@H]4O)[C@H](OP(=O)(O)OCCN)[C@@H](O[C@H]4[C@@H]([C@H](O)COP(=O)(O)O)OC(OC[C@H]5O[C@@H](OC[C@H]6O[C@H](O)[C@H](N)[C@@H](O)[C@@H]6O)[C@H](N)[C@@H](O)[C@@H]5OP(=O)(O)O)(C(=O)O)C[C@H]4OP(=O)(O)O)O[C@@H]3[C@H](O)COP(=O)(O)OCCN)[C@H](O)[C@@H](O)[C@@H]2O)(C(=O)O)C[C@H](O)[C@@H]1N. The van der Waals surface area contributed by atoms with E-state index in [1.807, 2.05) is 0 Å². The number of phosphoric ester groups is 5. The molecule has 0 aromatic heterocycles. The Morgan fingerprint density at radius 3 is 1.41 bits per heavy atom. The van der Waals surface area contributed by atoms with Gasteiger partial charge in [0, 0.05) is 25.9 Å². The van der Waals surface area contributed by atoms with Gasteiger partial charge in [0.2, 0.25) is 0 Å². The van der Waals surface area contributed by atoms with Crippen LogP contribution in [-0.2, 0) is 135 Å². The third-order valence-corrected chi connectivity index (χ3v) is 24.9. The fourth-order valence-corrected chi connectivity index (χ4v) is 17.7. The van der Waals surface area contributed by atoms with Gasteiger partial charge in [0.05, 0.1) is 102 Å². The Labute approximate surface area is 731 Å². The van der Waals surface area contributed by atoms with Crippen molar-refractivity contribution >= 4 is 51.1 Å². The minimum Gasteiger partial charge on any atom is -0.477 e. The molecule has 0 aromatic rings. The van der Waals surface area contributed by atoms with Crippen LogP contribution >= 0.6 is 39.1 Å². The maximum absolute atomic E-state index is 14.8. The van der Waals surface area contributed by atoms with E-state index in [0.29, 0.717) is 0 Å². The summed E-state index contributed by atoms with van der Waals surface area (Å²) in [6, 6.07) is -6.94. The normalized spacial score (nSPS) is 43.3. The topological polar surface area (TPSA) is 1090 Å². The third-order valence-electron chi connectivity index (χ3n) is 21.4. The van der Waals surface area contributed by atoms with Crippen molar-refractivity contribution in [2.45, 2.75) is 289 Å². The first kappa shape index (κ1) is 113. The summed E-state index contributed by atoms with van der Waals surface area (Å²) < 4.78 is 190. The van der Waals surface area contributed by atoms with Gasteiger partial charge in [-0.15, -0.1) is 0 Å². The predicted molar refractivity (Wildman–Crippen MR) is 397 cm³/mol. The predicted octanol–water partition coefficient (Wildman–Crippen LogP) is -19.9. The van der Waals surface area contributed by atoms with Gasteiger partial charge in [0.15, 0.2) is 37.7 Å². The van der Waals surface area contributed by atoms with Gasteiger partial charge in [0.25, 0.3) is 11.6 Å². The summed E-state index contributed by atoms with van der Waals surface area (Å²) in [6.45, 7) is -13.2. The van der Waals surface area contributed by atoms with Gasteiger partial charge >= 0.3 is 51.1 Å². The quantitative estimate of drug-likeness (QED) is 0.0252. The number of hydrogen-bond donors (Lipinski definition) is 36. The lowest BCUT2D eigenvalue weighted by atomic mass is 9.88. The number of aliphatic hydroxyl groups excluding tert-OH is 20. The molecular formula is C60H113N6O59P5. The van der Waals surface area contributed by atoms with Gasteiger partial charge in [-0.1, -0.05) is 0 Å². The monoisotopic (exact) mass is 2020 g/mol. The molecule has 8 fully saturated rings. The van der Waals surface area contributed by atoms with E-state index in [9.17, 15) is 184 Å². The number of carboxylic acids is 2. The van der Waals surface area contributed by atoms with Crippen molar-refractivity contribution in [2.75, 3.05) is 72.6 Å². The highest BCUT2D eigenvalue weighted by Crippen LogP contribution is 2.53. The van der Waals surface area contributed by atoms with Crippen LogP contribution in [0.25, 0.3) is 0 Å². The molecule has 0 spiro atoms. The molecular weight excluding hydrogens is 1900 g/mol. The average Bonchev–Trinajstić information content (AvgIpc) is 0.761. The van der Waals surface area contributed by atoms with Gasteiger partial charge in [-0.25, -0.2) is 32.4 Å². The van der Waals surface area contributed by atoms with Gasteiger partial charge in [-0.05, 0) is 6.92 Å². The number of aliphatic carboxylic acids is 2. The molecule has 3 unspecified atom stereocenters. The first-order valence-electron chi connectivity index (χ1n) is 38.8. The van der Waals surface area contributed by atoms with Crippen LogP contribution in [-0.4, -0.2) is 505 Å². The highest BCUT2D eigenvalue weighted by atomic mass is 31.2. The highest BCUT2D eigenvalue weighted by Gasteiger charge is 2.66. The van der Waals surface area contributed by atoms with E-state index in [2.05, 4.69) is 4.52 Å². The molecule has 0 radical (unpaired) electrons. The van der Waals surface area contributed by atoms with E-state index in [-0.39, 0.29) is 0 Å². The van der Waals surface area contributed by atoms with Crippen molar-refractivity contribution in [2.24, 2.45) is 34.4 Å². The Kier molecular flexibility index (Phi) is 40.9. The fourth-order valence-electron chi connectivity index (χ4n) is 14.6. The second-order valence-corrected chi connectivity index (χ2v) is 37.3. The van der Waals surface area contributed by atoms with Crippen LogP contribution in [0, 0.1) is 0 Å². The average molecular weight is 2020 g/mol. The number of phosphoric acid groups is 5. The lowest BCUT2D eigenvalue weighted by Crippen LogP contribution is -2.71. The van der Waals surface area contributed by atoms with Crippen molar-refractivity contribution in [3.05, 3.63) is 0 Å². The van der Waals surface area contributed by atoms with Crippen LogP contribution in [0.1, 0.15) is 19.8 Å². The van der Waals surface area contributed by atoms with Crippen molar-refractivity contribution in [1.29, 1.82) is 0 Å². The van der Waals surface area contributed by atoms with Crippen LogP contribution in [0.5, 0.6) is 0 Å². The molecule has 762 valence electrons. The molecule has 0 aliphatic carbocycles. The molecule has 0 bridgehead atoms. The summed E-state index contributed by atoms with van der Waals surface area (Å²) in [5, 5.41) is 247. The van der Waals surface area contributed by atoms with Crippen molar-refractivity contribution in [3.63, 3.8) is 0 Å². The molecule has 0 saturated carbocycles. The summed E-state index contributed by atoms with van der Waals surface area (Å²) >= 11 is 0. The van der Waals surface area contributed by atoms with Crippen LogP contribution < -0.4 is 34.4 Å². The molecule has 8 rings (SSSR count). The summed E-state index contributed by atoms with van der Waals surface area (Å²) in [5.74, 6) is -11.9. The van der Waals surface area contributed by atoms with E-state index in [4.69, 9.17) is 133 Å². The van der Waals surface area contributed by atoms with Gasteiger partial charge in [-0.3, -0.25) is 31.7 Å². The standard InChI is InChI=1S/C60H113N6O59P5/c1-15(69)25(63)46-26(64)16(70)6-59(122-46,57(87)88)105-13-23-30(76)33(79)38(84)53(112-23)119-48-42(19(73)11-110-129(100,101)107-4-2-61)116-56(50(125-130(102,103)108-5-3-62)49(48)120-55-47(37(83)36(82)41(115-55)18(72)9-68)118-54-39(85)34(80)35(81)40(114-54)17(71)8-67)117-45-21(123-127(94,95)96)7-60(58(89)90,121-43(45)20(74)10-109-126(91,92)93)106-14-24-44(124-128(97,98)99)32(78)28(66)52(113-24)104-12-22-29(75)31(77)27(65)51(86)111-22/h15-56,67-86H,2-14,61-66H2,1H3,(H,87,88)(H,89,90)(H,100,101)(H,102,103)(H2,91,92,93)(H2,94,95,96)(H2,97,98,99)/t15-,16-,17-,18-,19+,20+,21+,22+,23+,24+,25-,26-,27+,28+,29+,30+,31+,32+,33-,34-,35-,36-,37-,38+,39-,40+,41+,42+,43+,44+,45+,46-,47-,48+,49-,50-,51-,52+,53-,54+,55+,56+,59+,60?/m0/s1. The van der Waals surface area contributed by atoms with E-state index in [1.54, 1.807) is 0 Å². The molecule has 8 aliphatic heterocycles. The first-order valence-corrected chi connectivity index (χ1v) is 46.4. The Balaban J connectivity index is 1.36. The van der Waals surface area contributed by atoms with Crippen molar-refractivity contribution < 1.29 is 287 Å². The maximum Gasteiger partial charge on any atom is 0.472 e. The van der Waals surface area contributed by atoms with Crippen LogP contribution in [0.15, 0.2) is 0 Å². The minimum atomic E-state index is -6.56. The molecule has 8 aliphatic rings. The Morgan fingerprint density at radius 2 is 0.862 bits per heavy atom. The van der Waals surface area contributed by atoms with E-state index < -0.39 is 405 Å². The van der Waals surface area contributed by atoms with Crippen molar-refractivity contribution in [3.8, 4) is 0 Å². The van der Waals surface area contributed by atoms with E-state index in [1.165, 1.54) is 0 Å². The Hall–Kier alpha value is -2.15. The number of ether oxygens (including phenoxy) is 15. The summed E-state index contributed by atoms with van der Waals surface area (Å²) in [6.07, 6.45) is -104. The summed E-state index contributed by atoms with van der Waals surface area (Å²) in [5.41, 5.74) is 35.1. The number of carboxylic acid groups (broad SMARTS) is 2. The third kappa shape index (κ3) is 28.2. The van der Waals surface area contributed by atoms with Crippen LogP contribution in [0.3, 0.4) is 0 Å². The number of nitrogens with two attached hydrogens (primary N) is 6. The lowest BCUT2D eigenvalue weighted by molar-refractivity contribution is -0.414. The van der Waals surface area contributed by atoms with Crippen LogP contribution in [0.2, 0.25) is 0 Å². The number of hydrogen-bond acceptors (Lipinski definition) is 55. The van der Waals surface area contributed by atoms with Gasteiger partial charge < -0.3 is 257 Å². The molecule has 8 heterocycles. The number of aliphatic hydroxyl groups is 20. The number of carbonyl (C=O) groups is 2. The van der Waals surface area contributed by atoms with E-state index >= 15 is 0 Å². The molecule has 130 heavy (non-hydrogen) atoms. The smallest absolute Gasteiger partial charge is 0.472 e. The molecule has 46 atom stereocenters.